The van der Waals surface area contributed by atoms with Crippen LogP contribution in [0.3, 0.4) is 0 Å². The number of nitrogens with zero attached hydrogens (tertiary/aromatic N) is 3. The summed E-state index contributed by atoms with van der Waals surface area (Å²) in [4.78, 5) is 0. The molecule has 0 aliphatic heterocycles. The Morgan fingerprint density at radius 3 is 2.06 bits per heavy atom. The molecule has 166 valence electrons. The molecule has 7 aromatic rings. The van der Waals surface area contributed by atoms with E-state index in [1.54, 1.807) is 18.2 Å². The average molecular weight is 476 g/mol. The van der Waals surface area contributed by atoms with Gasteiger partial charge in [0.15, 0.2) is 0 Å². The highest BCUT2D eigenvalue weighted by Gasteiger charge is 2.20. The minimum atomic E-state index is 0.504. The topological polar surface area (TPSA) is 52.5 Å². The SMILES string of the molecule is N#Cc1cccc(C#N)c1-c1cccc2c1c1ccccc1n2-c1ccc2sc3ccccc3c2c1. The summed E-state index contributed by atoms with van der Waals surface area (Å²) in [5, 5.41) is 24.4. The van der Waals surface area contributed by atoms with Crippen molar-refractivity contribution < 1.29 is 0 Å². The number of aromatic nitrogens is 1. The molecule has 0 unspecified atom stereocenters. The molecule has 0 N–H and O–H groups in total. The van der Waals surface area contributed by atoms with Crippen LogP contribution in [0.5, 0.6) is 0 Å². The van der Waals surface area contributed by atoms with Gasteiger partial charge in [-0.1, -0.05) is 54.6 Å². The summed E-state index contributed by atoms with van der Waals surface area (Å²) < 4.78 is 4.84. The van der Waals surface area contributed by atoms with Crippen molar-refractivity contribution in [2.75, 3.05) is 0 Å². The Kier molecular flexibility index (Phi) is 4.45. The van der Waals surface area contributed by atoms with Gasteiger partial charge in [-0.3, -0.25) is 0 Å². The molecule has 0 saturated heterocycles. The first kappa shape index (κ1) is 20.5. The molecule has 36 heavy (non-hydrogen) atoms. The number of hydrogen-bond acceptors (Lipinski definition) is 3. The number of thiophene rings is 1. The lowest BCUT2D eigenvalue weighted by Gasteiger charge is -2.11. The molecule has 0 saturated carbocycles. The number of hydrogen-bond donors (Lipinski definition) is 0. The number of fused-ring (bicyclic) bond motifs is 6. The van der Waals surface area contributed by atoms with Crippen LogP contribution >= 0.6 is 11.3 Å². The first-order valence-corrected chi connectivity index (χ1v) is 12.5. The molecule has 0 aliphatic carbocycles. The Morgan fingerprint density at radius 1 is 0.583 bits per heavy atom. The standard InChI is InChI=1S/C32H17N3S/c33-18-20-7-5-8-21(19-34)31(20)25-11-6-13-28-32(25)24-10-1-3-12-27(24)35(28)22-15-16-30-26(17-22)23-9-2-4-14-29(23)36-30/h1-17H. The van der Waals surface area contributed by atoms with E-state index in [0.717, 1.165) is 33.1 Å². The second-order valence-electron chi connectivity index (χ2n) is 8.78. The number of nitriles is 2. The summed E-state index contributed by atoms with van der Waals surface area (Å²) in [6.45, 7) is 0. The summed E-state index contributed by atoms with van der Waals surface area (Å²) in [7, 11) is 0. The predicted molar refractivity (Wildman–Crippen MR) is 149 cm³/mol. The molecule has 5 aromatic carbocycles. The second-order valence-corrected chi connectivity index (χ2v) is 9.87. The highest BCUT2D eigenvalue weighted by atomic mass is 32.1. The second kappa shape index (κ2) is 7.82. The van der Waals surface area contributed by atoms with Gasteiger partial charge in [0.2, 0.25) is 0 Å². The lowest BCUT2D eigenvalue weighted by atomic mass is 9.92. The van der Waals surface area contributed by atoms with Crippen LogP contribution in [0.4, 0.5) is 0 Å². The average Bonchev–Trinajstić information content (AvgIpc) is 3.48. The van der Waals surface area contributed by atoms with Crippen molar-refractivity contribution in [1.29, 1.82) is 10.5 Å². The van der Waals surface area contributed by atoms with Crippen LogP contribution < -0.4 is 0 Å². The minimum Gasteiger partial charge on any atom is -0.309 e. The van der Waals surface area contributed by atoms with Crippen molar-refractivity contribution in [3.05, 3.63) is 114 Å². The quantitative estimate of drug-likeness (QED) is 0.251. The summed E-state index contributed by atoms with van der Waals surface area (Å²) in [5.74, 6) is 0. The van der Waals surface area contributed by atoms with Gasteiger partial charge in [-0.2, -0.15) is 10.5 Å². The minimum absolute atomic E-state index is 0.504. The summed E-state index contributed by atoms with van der Waals surface area (Å²) in [6, 6.07) is 39.6. The van der Waals surface area contributed by atoms with Crippen molar-refractivity contribution >= 4 is 53.3 Å². The molecule has 3 nitrogen and oxygen atoms in total. The zero-order chi connectivity index (χ0) is 24.2. The van der Waals surface area contributed by atoms with E-state index in [1.165, 1.54) is 20.2 Å². The maximum Gasteiger partial charge on any atom is 0.0998 e. The Hall–Kier alpha value is -4.90. The number of benzene rings is 5. The Labute approximate surface area is 211 Å². The maximum atomic E-state index is 9.87. The normalized spacial score (nSPS) is 11.3. The van der Waals surface area contributed by atoms with Gasteiger partial charge in [0, 0.05) is 42.2 Å². The van der Waals surface area contributed by atoms with Crippen molar-refractivity contribution in [3.63, 3.8) is 0 Å². The van der Waals surface area contributed by atoms with Gasteiger partial charge in [-0.15, -0.1) is 11.3 Å². The highest BCUT2D eigenvalue weighted by Crippen LogP contribution is 2.41. The molecular formula is C32H17N3S. The van der Waals surface area contributed by atoms with Gasteiger partial charge in [0.25, 0.3) is 0 Å². The Morgan fingerprint density at radius 2 is 1.25 bits per heavy atom. The molecule has 0 spiro atoms. The van der Waals surface area contributed by atoms with E-state index in [-0.39, 0.29) is 0 Å². The van der Waals surface area contributed by atoms with E-state index >= 15 is 0 Å². The summed E-state index contributed by atoms with van der Waals surface area (Å²) in [5.41, 5.74) is 5.82. The summed E-state index contributed by atoms with van der Waals surface area (Å²) >= 11 is 1.81. The van der Waals surface area contributed by atoms with Gasteiger partial charge in [-0.05, 0) is 54.1 Å². The van der Waals surface area contributed by atoms with Crippen LogP contribution in [0.2, 0.25) is 0 Å². The zero-order valence-corrected chi connectivity index (χ0v) is 19.9. The zero-order valence-electron chi connectivity index (χ0n) is 19.1. The molecule has 0 aliphatic rings. The van der Waals surface area contributed by atoms with E-state index in [1.807, 2.05) is 29.5 Å². The van der Waals surface area contributed by atoms with Crippen molar-refractivity contribution in [2.24, 2.45) is 0 Å². The molecule has 2 heterocycles. The molecule has 0 fully saturated rings. The van der Waals surface area contributed by atoms with Gasteiger partial charge < -0.3 is 4.57 Å². The molecule has 0 atom stereocenters. The molecule has 0 bridgehead atoms. The molecule has 4 heteroatoms. The fourth-order valence-corrected chi connectivity index (χ4v) is 6.47. The monoisotopic (exact) mass is 475 g/mol. The van der Waals surface area contributed by atoms with Crippen LogP contribution in [-0.4, -0.2) is 4.57 Å². The third-order valence-corrected chi connectivity index (χ3v) is 8.04. The summed E-state index contributed by atoms with van der Waals surface area (Å²) in [6.07, 6.45) is 0. The Balaban J connectivity index is 1.61. The number of rotatable bonds is 2. The van der Waals surface area contributed by atoms with Crippen LogP contribution in [0, 0.1) is 22.7 Å². The fourth-order valence-electron chi connectivity index (χ4n) is 5.39. The number of para-hydroxylation sites is 1. The first-order chi connectivity index (χ1) is 17.8. The van der Waals surface area contributed by atoms with Crippen molar-refractivity contribution in [3.8, 4) is 29.0 Å². The van der Waals surface area contributed by atoms with E-state index in [0.29, 0.717) is 16.7 Å². The van der Waals surface area contributed by atoms with Gasteiger partial charge in [0.05, 0.1) is 34.3 Å². The largest absolute Gasteiger partial charge is 0.309 e. The molecule has 0 radical (unpaired) electrons. The third-order valence-electron chi connectivity index (χ3n) is 6.89. The molecule has 7 rings (SSSR count). The Bertz CT molecular complexity index is 2050. The van der Waals surface area contributed by atoms with E-state index in [9.17, 15) is 10.5 Å². The smallest absolute Gasteiger partial charge is 0.0998 e. The maximum absolute atomic E-state index is 9.87. The van der Waals surface area contributed by atoms with Gasteiger partial charge in [-0.25, -0.2) is 0 Å². The third kappa shape index (κ3) is 2.83. The van der Waals surface area contributed by atoms with Crippen LogP contribution in [-0.2, 0) is 0 Å². The van der Waals surface area contributed by atoms with Crippen molar-refractivity contribution in [2.45, 2.75) is 0 Å². The lowest BCUT2D eigenvalue weighted by Crippen LogP contribution is -1.94. The highest BCUT2D eigenvalue weighted by molar-refractivity contribution is 7.25. The molecular weight excluding hydrogens is 458 g/mol. The van der Waals surface area contributed by atoms with Crippen LogP contribution in [0.25, 0.3) is 58.8 Å². The van der Waals surface area contributed by atoms with Gasteiger partial charge >= 0.3 is 0 Å². The van der Waals surface area contributed by atoms with Crippen molar-refractivity contribution in [1.82, 2.24) is 4.57 Å². The lowest BCUT2D eigenvalue weighted by molar-refractivity contribution is 1.19. The van der Waals surface area contributed by atoms with E-state index in [2.05, 4.69) is 83.4 Å². The van der Waals surface area contributed by atoms with E-state index < -0.39 is 0 Å². The van der Waals surface area contributed by atoms with Gasteiger partial charge in [0.1, 0.15) is 0 Å². The van der Waals surface area contributed by atoms with Crippen LogP contribution in [0.15, 0.2) is 103 Å². The fraction of sp³-hybridized carbons (Fsp3) is 0. The first-order valence-electron chi connectivity index (χ1n) is 11.7. The van der Waals surface area contributed by atoms with Crippen LogP contribution in [0.1, 0.15) is 11.1 Å². The predicted octanol–water partition coefficient (Wildman–Crippen LogP) is 8.56. The molecule has 2 aromatic heterocycles. The molecule has 0 amide bonds. The van der Waals surface area contributed by atoms with E-state index in [4.69, 9.17) is 0 Å².